The van der Waals surface area contributed by atoms with Crippen LogP contribution < -0.4 is 10.5 Å². The van der Waals surface area contributed by atoms with Crippen molar-refractivity contribution >= 4 is 21.6 Å². The monoisotopic (exact) mass is 276 g/mol. The fourth-order valence-electron chi connectivity index (χ4n) is 1.48. The fourth-order valence-corrected chi connectivity index (χ4v) is 2.25. The van der Waals surface area contributed by atoms with Gasteiger partial charge in [0.25, 0.3) is 0 Å². The molecule has 0 aliphatic rings. The molecule has 17 heavy (non-hydrogen) atoms. The lowest BCUT2D eigenvalue weighted by Gasteiger charge is -2.07. The van der Waals surface area contributed by atoms with Crippen molar-refractivity contribution in [3.8, 4) is 0 Å². The smallest absolute Gasteiger partial charge is 0.209 e. The normalized spacial score (nSPS) is 11.7. The first-order valence-electron chi connectivity index (χ1n) is 5.35. The molecule has 3 N–H and O–H groups in total. The van der Waals surface area contributed by atoms with Gasteiger partial charge in [-0.15, -0.1) is 0 Å². The van der Waals surface area contributed by atoms with Gasteiger partial charge in [0.2, 0.25) is 10.0 Å². The zero-order valence-electron chi connectivity index (χ0n) is 9.74. The molecule has 0 aliphatic carbocycles. The molecule has 0 atom stereocenters. The van der Waals surface area contributed by atoms with Crippen LogP contribution in [0.4, 0.5) is 0 Å². The van der Waals surface area contributed by atoms with Gasteiger partial charge >= 0.3 is 0 Å². The minimum absolute atomic E-state index is 0.0135. The largest absolute Gasteiger partial charge is 0.313 e. The number of hydrogen-bond donors (Lipinski definition) is 2. The summed E-state index contributed by atoms with van der Waals surface area (Å²) in [6.45, 7) is 3.32. The van der Waals surface area contributed by atoms with Crippen molar-refractivity contribution in [3.05, 3.63) is 34.3 Å². The molecule has 0 heterocycles. The molecule has 0 bridgehead atoms. The van der Waals surface area contributed by atoms with Crippen LogP contribution in [0.3, 0.4) is 0 Å². The number of rotatable bonds is 6. The summed E-state index contributed by atoms with van der Waals surface area (Å²) in [6, 6.07) is 5.71. The van der Waals surface area contributed by atoms with Gasteiger partial charge in [-0.3, -0.25) is 0 Å². The van der Waals surface area contributed by atoms with E-state index in [-0.39, 0.29) is 5.75 Å². The molecule has 0 aliphatic heterocycles. The molecule has 6 heteroatoms. The molecule has 0 aromatic heterocycles. The van der Waals surface area contributed by atoms with E-state index >= 15 is 0 Å². The minimum Gasteiger partial charge on any atom is -0.313 e. The van der Waals surface area contributed by atoms with E-state index in [9.17, 15) is 8.42 Å². The molecule has 1 rings (SSSR count). The van der Waals surface area contributed by atoms with Crippen molar-refractivity contribution in [1.82, 2.24) is 5.32 Å². The molecule has 0 fully saturated rings. The van der Waals surface area contributed by atoms with Gasteiger partial charge in [-0.05, 0) is 43.1 Å². The Bertz CT molecular complexity index is 474. The predicted octanol–water partition coefficient (Wildman–Crippen LogP) is 1.42. The highest BCUT2D eigenvalue weighted by Gasteiger charge is 2.02. The summed E-state index contributed by atoms with van der Waals surface area (Å²) in [7, 11) is -3.34. The Morgan fingerprint density at radius 1 is 1.41 bits per heavy atom. The summed E-state index contributed by atoms with van der Waals surface area (Å²) in [5, 5.41) is 8.79. The Hall–Kier alpha value is -0.620. The van der Waals surface area contributed by atoms with E-state index in [1.165, 1.54) is 0 Å². The molecule has 0 saturated heterocycles. The van der Waals surface area contributed by atoms with E-state index in [1.54, 1.807) is 0 Å². The predicted molar refractivity (Wildman–Crippen MR) is 70.5 cm³/mol. The number of nitrogens with two attached hydrogens (primary N) is 1. The Kier molecular flexibility index (Phi) is 5.39. The summed E-state index contributed by atoms with van der Waals surface area (Å²) in [5.41, 5.74) is 2.28. The lowest BCUT2D eigenvalue weighted by atomic mass is 10.1. The van der Waals surface area contributed by atoms with Crippen molar-refractivity contribution in [2.45, 2.75) is 19.9 Å². The van der Waals surface area contributed by atoms with Crippen LogP contribution in [0.15, 0.2) is 18.2 Å². The summed E-state index contributed by atoms with van der Waals surface area (Å²) in [4.78, 5) is 0. The first kappa shape index (κ1) is 14.4. The number of halogens is 1. The molecule has 96 valence electrons. The third kappa shape index (κ3) is 6.02. The quantitative estimate of drug-likeness (QED) is 0.772. The van der Waals surface area contributed by atoms with Crippen molar-refractivity contribution < 1.29 is 8.42 Å². The third-order valence-electron chi connectivity index (χ3n) is 2.40. The fraction of sp³-hybridized carbons (Fsp3) is 0.455. The lowest BCUT2D eigenvalue weighted by Crippen LogP contribution is -2.22. The summed E-state index contributed by atoms with van der Waals surface area (Å²) < 4.78 is 21.4. The van der Waals surface area contributed by atoms with Crippen LogP contribution in [0.1, 0.15) is 17.5 Å². The zero-order chi connectivity index (χ0) is 12.9. The van der Waals surface area contributed by atoms with E-state index in [2.05, 4.69) is 5.32 Å². The summed E-state index contributed by atoms with van der Waals surface area (Å²) >= 11 is 5.85. The molecule has 1 aromatic carbocycles. The van der Waals surface area contributed by atoms with Gasteiger partial charge in [0.05, 0.1) is 5.75 Å². The van der Waals surface area contributed by atoms with Gasteiger partial charge in [-0.1, -0.05) is 17.7 Å². The molecular formula is C11H17ClN2O2S. The van der Waals surface area contributed by atoms with Gasteiger partial charge in [0.15, 0.2) is 0 Å². The van der Waals surface area contributed by atoms with Crippen LogP contribution in [0.25, 0.3) is 0 Å². The highest BCUT2D eigenvalue weighted by atomic mass is 35.5. The molecule has 4 nitrogen and oxygen atoms in total. The van der Waals surface area contributed by atoms with Crippen molar-refractivity contribution in [2.24, 2.45) is 5.14 Å². The second-order valence-corrected chi connectivity index (χ2v) is 6.14. The van der Waals surface area contributed by atoms with Gasteiger partial charge in [-0.2, -0.15) is 0 Å². The van der Waals surface area contributed by atoms with Gasteiger partial charge in [0, 0.05) is 11.6 Å². The molecule has 0 saturated carbocycles. The van der Waals surface area contributed by atoms with Crippen LogP contribution >= 0.6 is 11.6 Å². The zero-order valence-corrected chi connectivity index (χ0v) is 11.3. The van der Waals surface area contributed by atoms with E-state index < -0.39 is 10.0 Å². The van der Waals surface area contributed by atoms with Crippen LogP contribution in [0, 0.1) is 6.92 Å². The maximum absolute atomic E-state index is 10.7. The highest BCUT2D eigenvalue weighted by Crippen LogP contribution is 2.14. The number of aryl methyl sites for hydroxylation is 1. The van der Waals surface area contributed by atoms with E-state index in [0.29, 0.717) is 19.5 Å². The van der Waals surface area contributed by atoms with Gasteiger partial charge in [0.1, 0.15) is 0 Å². The molecular weight excluding hydrogens is 260 g/mol. The average molecular weight is 277 g/mol. The topological polar surface area (TPSA) is 72.2 Å². The number of sulfonamides is 1. The summed E-state index contributed by atoms with van der Waals surface area (Å²) in [6.07, 6.45) is 0.519. The van der Waals surface area contributed by atoms with Crippen molar-refractivity contribution in [3.63, 3.8) is 0 Å². The second-order valence-electron chi connectivity index (χ2n) is 3.97. The number of hydrogen-bond acceptors (Lipinski definition) is 3. The van der Waals surface area contributed by atoms with E-state index in [4.69, 9.17) is 16.7 Å². The van der Waals surface area contributed by atoms with Gasteiger partial charge in [-0.25, -0.2) is 13.6 Å². The number of primary sulfonamides is 1. The molecule has 0 spiro atoms. The highest BCUT2D eigenvalue weighted by molar-refractivity contribution is 7.89. The molecule has 0 radical (unpaired) electrons. The maximum Gasteiger partial charge on any atom is 0.209 e. The molecule has 1 aromatic rings. The Morgan fingerprint density at radius 2 is 2.12 bits per heavy atom. The first-order valence-corrected chi connectivity index (χ1v) is 7.44. The SMILES string of the molecule is Cc1cc(Cl)ccc1CNCCCS(N)(=O)=O. The van der Waals surface area contributed by atoms with Crippen LogP contribution in [-0.4, -0.2) is 20.7 Å². The summed E-state index contributed by atoms with van der Waals surface area (Å²) in [5.74, 6) is 0.0135. The number of nitrogens with one attached hydrogen (secondary N) is 1. The second kappa shape index (κ2) is 6.35. The Labute approximate surface area is 107 Å². The average Bonchev–Trinajstić information content (AvgIpc) is 2.18. The van der Waals surface area contributed by atoms with Crippen LogP contribution in [0.2, 0.25) is 5.02 Å². The Balaban J connectivity index is 2.32. The van der Waals surface area contributed by atoms with E-state index in [1.807, 2.05) is 25.1 Å². The Morgan fingerprint density at radius 3 is 2.71 bits per heavy atom. The maximum atomic E-state index is 10.7. The standard InChI is InChI=1S/C11H17ClN2O2S/c1-9-7-11(12)4-3-10(9)8-14-5-2-6-17(13,15)16/h3-4,7,14H,2,5-6,8H2,1H3,(H2,13,15,16). The molecule has 0 amide bonds. The van der Waals surface area contributed by atoms with E-state index in [0.717, 1.165) is 16.1 Å². The van der Waals surface area contributed by atoms with Crippen molar-refractivity contribution in [1.29, 1.82) is 0 Å². The van der Waals surface area contributed by atoms with Crippen LogP contribution in [-0.2, 0) is 16.6 Å². The minimum atomic E-state index is -3.34. The molecule has 0 unspecified atom stereocenters. The first-order chi connectivity index (χ1) is 7.88. The third-order valence-corrected chi connectivity index (χ3v) is 3.50. The lowest BCUT2D eigenvalue weighted by molar-refractivity contribution is 0.590. The number of benzene rings is 1. The van der Waals surface area contributed by atoms with Crippen LogP contribution in [0.5, 0.6) is 0 Å². The van der Waals surface area contributed by atoms with Gasteiger partial charge < -0.3 is 5.32 Å². The van der Waals surface area contributed by atoms with Crippen molar-refractivity contribution in [2.75, 3.05) is 12.3 Å².